The lowest BCUT2D eigenvalue weighted by molar-refractivity contribution is 0.448. The first-order chi connectivity index (χ1) is 16.1. The Kier molecular flexibility index (Phi) is 4.68. The number of piperazine rings is 1. The molecular weight excluding hydrogens is 432 g/mol. The van der Waals surface area contributed by atoms with Crippen molar-refractivity contribution in [1.82, 2.24) is 34.6 Å². The number of nitrogens with zero attached hydrogens (tertiary/aromatic N) is 7. The minimum absolute atomic E-state index is 0.158. The van der Waals surface area contributed by atoms with Crippen molar-refractivity contribution in [3.05, 3.63) is 58.7 Å². The van der Waals surface area contributed by atoms with Gasteiger partial charge in [-0.15, -0.1) is 0 Å². The predicted octanol–water partition coefficient (Wildman–Crippen LogP) is 1.22. The maximum Gasteiger partial charge on any atom is 0.283 e. The first-order valence-electron chi connectivity index (χ1n) is 10.9. The van der Waals surface area contributed by atoms with Crippen LogP contribution in [-0.4, -0.2) is 55.4 Å². The fraction of sp³-hybridized carbons (Fsp3) is 0.381. The summed E-state index contributed by atoms with van der Waals surface area (Å²) in [6.07, 6.45) is 6.55. The third-order valence-electron chi connectivity index (χ3n) is 6.16. The van der Waals surface area contributed by atoms with Crippen molar-refractivity contribution in [3.8, 4) is 0 Å². The number of aromatic nitrogens is 6. The fourth-order valence-corrected chi connectivity index (χ4v) is 4.38. The summed E-state index contributed by atoms with van der Waals surface area (Å²) in [4.78, 5) is 26.8. The van der Waals surface area contributed by atoms with Gasteiger partial charge in [0.05, 0.1) is 6.04 Å². The topological polar surface area (TPSA) is 105 Å². The summed E-state index contributed by atoms with van der Waals surface area (Å²) in [6, 6.07) is 1.52. The summed E-state index contributed by atoms with van der Waals surface area (Å²) >= 11 is 0. The van der Waals surface area contributed by atoms with Gasteiger partial charge in [0.15, 0.2) is 17.3 Å². The standard InChI is InChI=1S/C21H21F2N9O/c22-13-3-4-14(23)17-15(13)21(33)32(30-8-5-24-6-9-30)19(29-17)16(12-1-2-12)28-18-20-25-7-10-31(20)27-11-26-18/h3-4,7,10-12,16,24H,1-2,5-6,8-9H2,(H,26,27,28). The molecule has 0 amide bonds. The Hall–Kier alpha value is -3.67. The van der Waals surface area contributed by atoms with Crippen molar-refractivity contribution in [3.63, 3.8) is 0 Å². The van der Waals surface area contributed by atoms with Crippen LogP contribution in [0.25, 0.3) is 16.6 Å². The molecule has 33 heavy (non-hydrogen) atoms. The highest BCUT2D eigenvalue weighted by atomic mass is 19.1. The molecule has 2 aliphatic rings. The number of anilines is 1. The van der Waals surface area contributed by atoms with E-state index in [9.17, 15) is 13.6 Å². The maximum absolute atomic E-state index is 14.7. The van der Waals surface area contributed by atoms with Gasteiger partial charge in [-0.25, -0.2) is 32.9 Å². The molecule has 4 heterocycles. The zero-order chi connectivity index (χ0) is 22.5. The summed E-state index contributed by atoms with van der Waals surface area (Å²) in [5, 5.41) is 12.3. The van der Waals surface area contributed by atoms with Gasteiger partial charge in [-0.3, -0.25) is 4.79 Å². The number of fused-ring (bicyclic) bond motifs is 2. The maximum atomic E-state index is 14.7. The Bertz CT molecular complexity index is 1410. The van der Waals surface area contributed by atoms with Crippen LogP contribution in [0.15, 0.2) is 35.6 Å². The van der Waals surface area contributed by atoms with Crippen LogP contribution in [0.5, 0.6) is 0 Å². The van der Waals surface area contributed by atoms with Crippen LogP contribution in [0.1, 0.15) is 24.7 Å². The molecule has 1 saturated carbocycles. The predicted molar refractivity (Wildman–Crippen MR) is 117 cm³/mol. The number of nitrogens with one attached hydrogen (secondary N) is 2. The first kappa shape index (κ1) is 20.0. The molecule has 12 heteroatoms. The third-order valence-corrected chi connectivity index (χ3v) is 6.16. The second-order valence-electron chi connectivity index (χ2n) is 8.31. The zero-order valence-corrected chi connectivity index (χ0v) is 17.6. The van der Waals surface area contributed by atoms with Gasteiger partial charge in [0.25, 0.3) is 5.56 Å². The summed E-state index contributed by atoms with van der Waals surface area (Å²) < 4.78 is 32.4. The van der Waals surface area contributed by atoms with Crippen LogP contribution >= 0.6 is 0 Å². The molecule has 1 unspecified atom stereocenters. The molecule has 1 aliphatic carbocycles. The minimum Gasteiger partial charge on any atom is -0.357 e. The molecular formula is C21H21F2N9O. The second-order valence-corrected chi connectivity index (χ2v) is 8.31. The average Bonchev–Trinajstić information content (AvgIpc) is 3.55. The van der Waals surface area contributed by atoms with E-state index in [0.717, 1.165) is 25.0 Å². The molecule has 4 aromatic rings. The van der Waals surface area contributed by atoms with Crippen molar-refractivity contribution in [1.29, 1.82) is 0 Å². The zero-order valence-electron chi connectivity index (χ0n) is 17.6. The van der Waals surface area contributed by atoms with Gasteiger partial charge in [0.2, 0.25) is 0 Å². The van der Waals surface area contributed by atoms with Crippen LogP contribution in [0.4, 0.5) is 14.6 Å². The lowest BCUT2D eigenvalue weighted by Gasteiger charge is -2.34. The fourth-order valence-electron chi connectivity index (χ4n) is 4.38. The normalized spacial score (nSPS) is 17.6. The van der Waals surface area contributed by atoms with Gasteiger partial charge in [-0.05, 0) is 30.9 Å². The Morgan fingerprint density at radius 3 is 2.70 bits per heavy atom. The largest absolute Gasteiger partial charge is 0.357 e. The lowest BCUT2D eigenvalue weighted by atomic mass is 10.1. The SMILES string of the molecule is O=c1c2c(F)ccc(F)c2nc(C(Nc2ncnn3ccnc23)C2CC2)n1N1CCNCC1. The van der Waals surface area contributed by atoms with Crippen LogP contribution in [-0.2, 0) is 0 Å². The molecule has 3 aromatic heterocycles. The van der Waals surface area contributed by atoms with Crippen molar-refractivity contribution >= 4 is 22.4 Å². The molecule has 170 valence electrons. The number of halogens is 2. The van der Waals surface area contributed by atoms with E-state index in [1.165, 1.54) is 11.0 Å². The number of hydrogen-bond acceptors (Lipinski definition) is 8. The molecule has 0 bridgehead atoms. The van der Waals surface area contributed by atoms with E-state index < -0.39 is 23.2 Å². The van der Waals surface area contributed by atoms with Gasteiger partial charge >= 0.3 is 0 Å². The molecule has 0 spiro atoms. The smallest absolute Gasteiger partial charge is 0.283 e. The first-order valence-corrected chi connectivity index (χ1v) is 10.9. The van der Waals surface area contributed by atoms with E-state index in [1.54, 1.807) is 16.9 Å². The quantitative estimate of drug-likeness (QED) is 0.465. The third kappa shape index (κ3) is 3.37. The van der Waals surface area contributed by atoms with E-state index in [0.29, 0.717) is 43.5 Å². The Morgan fingerprint density at radius 1 is 1.12 bits per heavy atom. The molecule has 1 atom stereocenters. The van der Waals surface area contributed by atoms with E-state index in [4.69, 9.17) is 0 Å². The molecule has 1 aromatic carbocycles. The summed E-state index contributed by atoms with van der Waals surface area (Å²) in [6.45, 7) is 2.40. The van der Waals surface area contributed by atoms with Crippen molar-refractivity contribution in [2.45, 2.75) is 18.9 Å². The highest BCUT2D eigenvalue weighted by Gasteiger charge is 2.38. The summed E-state index contributed by atoms with van der Waals surface area (Å²) in [7, 11) is 0. The molecule has 2 fully saturated rings. The van der Waals surface area contributed by atoms with Crippen LogP contribution in [0, 0.1) is 17.6 Å². The van der Waals surface area contributed by atoms with Crippen LogP contribution in [0.2, 0.25) is 0 Å². The monoisotopic (exact) mass is 453 g/mol. The van der Waals surface area contributed by atoms with Gasteiger partial charge < -0.3 is 15.6 Å². The van der Waals surface area contributed by atoms with Crippen LogP contribution < -0.4 is 21.2 Å². The van der Waals surface area contributed by atoms with Crippen LogP contribution in [0.3, 0.4) is 0 Å². The highest BCUT2D eigenvalue weighted by molar-refractivity contribution is 5.79. The average molecular weight is 453 g/mol. The Labute approximate surface area is 186 Å². The Morgan fingerprint density at radius 2 is 1.91 bits per heavy atom. The molecule has 10 nitrogen and oxygen atoms in total. The second kappa shape index (κ2) is 7.73. The molecule has 2 N–H and O–H groups in total. The van der Waals surface area contributed by atoms with Crippen molar-refractivity contribution in [2.75, 3.05) is 36.5 Å². The lowest BCUT2D eigenvalue weighted by Crippen LogP contribution is -2.54. The van der Waals surface area contributed by atoms with Crippen molar-refractivity contribution < 1.29 is 8.78 Å². The number of rotatable bonds is 5. The molecule has 1 saturated heterocycles. The summed E-state index contributed by atoms with van der Waals surface area (Å²) in [5.41, 5.74) is -0.352. The Balaban J connectivity index is 1.56. The molecule has 6 rings (SSSR count). The van der Waals surface area contributed by atoms with E-state index in [1.807, 2.05) is 5.01 Å². The number of imidazole rings is 1. The van der Waals surface area contributed by atoms with Gasteiger partial charge in [-0.1, -0.05) is 0 Å². The van der Waals surface area contributed by atoms with Gasteiger partial charge in [0, 0.05) is 38.6 Å². The highest BCUT2D eigenvalue weighted by Crippen LogP contribution is 2.42. The van der Waals surface area contributed by atoms with E-state index >= 15 is 0 Å². The van der Waals surface area contributed by atoms with E-state index in [-0.39, 0.29) is 16.8 Å². The minimum atomic E-state index is -0.787. The summed E-state index contributed by atoms with van der Waals surface area (Å²) in [5.74, 6) is -0.544. The van der Waals surface area contributed by atoms with Crippen molar-refractivity contribution in [2.24, 2.45) is 5.92 Å². The number of hydrogen-bond donors (Lipinski definition) is 2. The van der Waals surface area contributed by atoms with Gasteiger partial charge in [0.1, 0.15) is 28.9 Å². The molecule has 1 aliphatic heterocycles. The molecule has 0 radical (unpaired) electrons. The number of benzene rings is 1. The van der Waals surface area contributed by atoms with Gasteiger partial charge in [-0.2, -0.15) is 5.10 Å². The van der Waals surface area contributed by atoms with E-state index in [2.05, 4.69) is 30.7 Å².